The van der Waals surface area contributed by atoms with Crippen LogP contribution in [0.15, 0.2) is 0 Å². The van der Waals surface area contributed by atoms with Crippen LogP contribution in [0.5, 0.6) is 0 Å². The summed E-state index contributed by atoms with van der Waals surface area (Å²) in [6, 6.07) is 0. The molecular weight excluding hydrogens is 380 g/mol. The lowest BCUT2D eigenvalue weighted by molar-refractivity contribution is -0.166. The van der Waals surface area contributed by atoms with Crippen LogP contribution in [-0.2, 0) is 4.79 Å². The van der Waals surface area contributed by atoms with E-state index < -0.39 is 12.1 Å². The fourth-order valence-corrected chi connectivity index (χ4v) is 7.93. The van der Waals surface area contributed by atoms with Gasteiger partial charge < -0.3 is 20.4 Å². The van der Waals surface area contributed by atoms with E-state index in [1.165, 1.54) is 0 Å². The van der Waals surface area contributed by atoms with E-state index in [-0.39, 0.29) is 53.1 Å². The average molecular weight is 425 g/mol. The molecule has 0 heterocycles. The van der Waals surface area contributed by atoms with Gasteiger partial charge >= 0.3 is 5.97 Å². The number of hydrogen-bond donors (Lipinski definition) is 4. The molecule has 0 bridgehead atoms. The third-order valence-electron chi connectivity index (χ3n) is 9.87. The largest absolute Gasteiger partial charge is 0.481 e. The van der Waals surface area contributed by atoms with Crippen LogP contribution < -0.4 is 0 Å². The van der Waals surface area contributed by atoms with Crippen LogP contribution in [0.1, 0.15) is 91.9 Å². The molecule has 4 N–H and O–H groups in total. The molecule has 2 unspecified atom stereocenters. The summed E-state index contributed by atoms with van der Waals surface area (Å²) in [5.41, 5.74) is -0.213. The molecule has 3 rings (SSSR count). The van der Waals surface area contributed by atoms with E-state index >= 15 is 0 Å². The lowest BCUT2D eigenvalue weighted by Gasteiger charge is -2.58. The van der Waals surface area contributed by atoms with Crippen molar-refractivity contribution in [3.05, 3.63) is 0 Å². The Labute approximate surface area is 182 Å². The molecule has 3 saturated carbocycles. The maximum atomic E-state index is 11.5. The summed E-state index contributed by atoms with van der Waals surface area (Å²) in [5.74, 6) is 0.494. The number of aliphatic hydroxyl groups is 3. The van der Waals surface area contributed by atoms with E-state index in [0.717, 1.165) is 44.9 Å². The lowest BCUT2D eigenvalue weighted by atomic mass is 9.48. The molecule has 30 heavy (non-hydrogen) atoms. The van der Waals surface area contributed by atoms with Gasteiger partial charge in [-0.15, -0.1) is 0 Å². The van der Waals surface area contributed by atoms with Crippen molar-refractivity contribution in [3.63, 3.8) is 0 Å². The number of fused-ring (bicyclic) bond motifs is 1. The topological polar surface area (TPSA) is 98.0 Å². The summed E-state index contributed by atoms with van der Waals surface area (Å²) < 4.78 is 0. The predicted octanol–water partition coefficient (Wildman–Crippen LogP) is 4.23. The molecule has 5 heteroatoms. The number of carboxylic acids is 1. The van der Waals surface area contributed by atoms with Crippen LogP contribution in [-0.4, -0.2) is 44.7 Å². The summed E-state index contributed by atoms with van der Waals surface area (Å²) in [6.07, 6.45) is 6.82. The van der Waals surface area contributed by atoms with Crippen molar-refractivity contribution in [2.24, 2.45) is 40.4 Å². The molecular formula is C25H44O5. The fourth-order valence-electron chi connectivity index (χ4n) is 7.93. The van der Waals surface area contributed by atoms with Gasteiger partial charge in [-0.05, 0) is 98.2 Å². The zero-order chi connectivity index (χ0) is 22.3. The van der Waals surface area contributed by atoms with E-state index in [0.29, 0.717) is 18.8 Å². The Hall–Kier alpha value is -0.650. The highest BCUT2D eigenvalue weighted by Gasteiger charge is 2.62. The highest BCUT2D eigenvalue weighted by molar-refractivity contribution is 5.66. The van der Waals surface area contributed by atoms with Gasteiger partial charge in [0.25, 0.3) is 0 Å². The molecule has 3 aliphatic carbocycles. The first kappa shape index (κ1) is 24.0. The van der Waals surface area contributed by atoms with Gasteiger partial charge in [-0.25, -0.2) is 0 Å². The Morgan fingerprint density at radius 3 is 2.27 bits per heavy atom. The highest BCUT2D eigenvalue weighted by Crippen LogP contribution is 2.65. The molecule has 0 aromatic heterocycles. The first-order valence-electron chi connectivity index (χ1n) is 12.3. The lowest BCUT2D eigenvalue weighted by Crippen LogP contribution is -2.57. The Bertz CT molecular complexity index is 598. The number of hydrogen-bond acceptors (Lipinski definition) is 4. The van der Waals surface area contributed by atoms with Crippen LogP contribution in [0.3, 0.4) is 0 Å². The predicted molar refractivity (Wildman–Crippen MR) is 117 cm³/mol. The van der Waals surface area contributed by atoms with Crippen molar-refractivity contribution in [2.45, 2.75) is 110 Å². The minimum absolute atomic E-state index is 0.0510. The summed E-state index contributed by atoms with van der Waals surface area (Å²) in [5, 5.41) is 41.9. The second kappa shape index (κ2) is 9.07. The molecule has 5 nitrogen and oxygen atoms in total. The zero-order valence-electron chi connectivity index (χ0n) is 19.4. The Balaban J connectivity index is 1.89. The maximum absolute atomic E-state index is 11.5. The first-order valence-corrected chi connectivity index (χ1v) is 12.3. The van der Waals surface area contributed by atoms with Crippen molar-refractivity contribution in [3.8, 4) is 0 Å². The molecule has 3 aliphatic rings. The Morgan fingerprint density at radius 2 is 1.70 bits per heavy atom. The maximum Gasteiger partial charge on any atom is 0.303 e. The molecule has 174 valence electrons. The van der Waals surface area contributed by atoms with Gasteiger partial charge in [-0.1, -0.05) is 27.7 Å². The molecule has 0 saturated heterocycles. The van der Waals surface area contributed by atoms with Crippen LogP contribution in [0.2, 0.25) is 0 Å². The average Bonchev–Trinajstić information content (AvgIpc) is 3.06. The SMILES string of the molecule is CC[C@@H](O)C1[C@@H]2CC[C@H](C(C)CCC(=O)O)[C@@]2(C)[C@@H](O)C[C@@H]1[C@]1(C)CC[C@H](O)CC1. The van der Waals surface area contributed by atoms with Crippen LogP contribution in [0.25, 0.3) is 0 Å². The third kappa shape index (κ3) is 4.19. The Morgan fingerprint density at radius 1 is 1.07 bits per heavy atom. The second-order valence-electron chi connectivity index (χ2n) is 11.4. The zero-order valence-corrected chi connectivity index (χ0v) is 19.4. The quantitative estimate of drug-likeness (QED) is 0.490. The molecule has 3 fully saturated rings. The van der Waals surface area contributed by atoms with Crippen molar-refractivity contribution in [2.75, 3.05) is 0 Å². The molecule has 0 aromatic carbocycles. The number of aliphatic carboxylic acids is 1. The van der Waals surface area contributed by atoms with E-state index in [4.69, 9.17) is 5.11 Å². The molecule has 0 aliphatic heterocycles. The standard InChI is InChI=1S/C25H44O5/c1-5-20(27)23-18-8-7-17(15(2)6-9-22(29)30)25(18,4)21(28)14-19(23)24(3)12-10-16(26)11-13-24/h15-21,23,26-28H,5-14H2,1-4H3,(H,29,30)/t15?,16-,17-,18+,19+,20-,21+,23?,24+,25-/m1/s1. The molecule has 0 spiro atoms. The van der Waals surface area contributed by atoms with E-state index in [1.807, 2.05) is 0 Å². The van der Waals surface area contributed by atoms with Gasteiger partial charge in [-0.3, -0.25) is 4.79 Å². The van der Waals surface area contributed by atoms with Gasteiger partial charge in [0.2, 0.25) is 0 Å². The van der Waals surface area contributed by atoms with Crippen LogP contribution in [0.4, 0.5) is 0 Å². The molecule has 8 atom stereocenters. The van der Waals surface area contributed by atoms with Crippen molar-refractivity contribution >= 4 is 5.97 Å². The number of aliphatic hydroxyl groups excluding tert-OH is 3. The van der Waals surface area contributed by atoms with E-state index in [1.54, 1.807) is 0 Å². The van der Waals surface area contributed by atoms with Gasteiger partial charge in [-0.2, -0.15) is 0 Å². The third-order valence-corrected chi connectivity index (χ3v) is 9.87. The van der Waals surface area contributed by atoms with Gasteiger partial charge in [0, 0.05) is 6.42 Å². The number of carbonyl (C=O) groups is 1. The first-order chi connectivity index (χ1) is 14.0. The summed E-state index contributed by atoms with van der Waals surface area (Å²) in [6.45, 7) is 8.74. The monoisotopic (exact) mass is 424 g/mol. The van der Waals surface area contributed by atoms with Crippen molar-refractivity contribution in [1.29, 1.82) is 0 Å². The second-order valence-corrected chi connectivity index (χ2v) is 11.4. The minimum Gasteiger partial charge on any atom is -0.481 e. The van der Waals surface area contributed by atoms with Crippen LogP contribution >= 0.6 is 0 Å². The minimum atomic E-state index is -0.752. The van der Waals surface area contributed by atoms with Crippen molar-refractivity contribution < 1.29 is 25.2 Å². The molecule has 0 amide bonds. The normalized spacial score (nSPS) is 46.2. The number of carboxylic acid groups (broad SMARTS) is 1. The molecule has 0 aromatic rings. The van der Waals surface area contributed by atoms with Gasteiger partial charge in [0.05, 0.1) is 18.3 Å². The van der Waals surface area contributed by atoms with E-state index in [2.05, 4.69) is 27.7 Å². The summed E-state index contributed by atoms with van der Waals surface area (Å²) in [4.78, 5) is 11.1. The van der Waals surface area contributed by atoms with Gasteiger partial charge in [0.15, 0.2) is 0 Å². The van der Waals surface area contributed by atoms with Crippen LogP contribution in [0, 0.1) is 40.4 Å². The van der Waals surface area contributed by atoms with E-state index in [9.17, 15) is 20.1 Å². The number of rotatable bonds is 7. The fraction of sp³-hybridized carbons (Fsp3) is 0.960. The highest BCUT2D eigenvalue weighted by atomic mass is 16.4. The van der Waals surface area contributed by atoms with Crippen molar-refractivity contribution in [1.82, 2.24) is 0 Å². The summed E-state index contributed by atoms with van der Waals surface area (Å²) in [7, 11) is 0. The Kier molecular flexibility index (Phi) is 7.26. The molecule has 0 radical (unpaired) electrons. The summed E-state index contributed by atoms with van der Waals surface area (Å²) >= 11 is 0. The van der Waals surface area contributed by atoms with Gasteiger partial charge in [0.1, 0.15) is 0 Å². The smallest absolute Gasteiger partial charge is 0.303 e.